The molecular formula is C12H15FN2O5. The molecule has 1 unspecified atom stereocenters. The highest BCUT2D eigenvalue weighted by molar-refractivity contribution is 5.75. The zero-order chi connectivity index (χ0) is 15.3. The third-order valence-electron chi connectivity index (χ3n) is 2.69. The van der Waals surface area contributed by atoms with Gasteiger partial charge >= 0.3 is 5.97 Å². The number of nitrogens with one attached hydrogen (secondary N) is 1. The van der Waals surface area contributed by atoms with Crippen molar-refractivity contribution < 1.29 is 23.6 Å². The second kappa shape index (κ2) is 6.80. The Hall–Kier alpha value is -2.22. The molecule has 1 aromatic carbocycles. The van der Waals surface area contributed by atoms with Crippen LogP contribution in [-0.2, 0) is 9.53 Å². The average molecular weight is 286 g/mol. The van der Waals surface area contributed by atoms with Crippen molar-refractivity contribution in [2.45, 2.75) is 13.0 Å². The van der Waals surface area contributed by atoms with Crippen LogP contribution in [-0.4, -0.2) is 37.7 Å². The van der Waals surface area contributed by atoms with Crippen molar-refractivity contribution in [2.75, 3.05) is 20.8 Å². The Morgan fingerprint density at radius 2 is 2.20 bits per heavy atom. The van der Waals surface area contributed by atoms with Crippen molar-refractivity contribution >= 4 is 11.7 Å². The minimum Gasteiger partial charge on any atom is -0.488 e. The van der Waals surface area contributed by atoms with Gasteiger partial charge < -0.3 is 14.8 Å². The first-order valence-electron chi connectivity index (χ1n) is 5.73. The summed E-state index contributed by atoms with van der Waals surface area (Å²) in [6, 6.07) is 1.25. The lowest BCUT2D eigenvalue weighted by atomic mass is 10.2. The van der Waals surface area contributed by atoms with E-state index in [1.807, 2.05) is 0 Å². The Labute approximate surface area is 114 Å². The predicted octanol–water partition coefficient (Wildman–Crippen LogP) is 1.18. The number of esters is 1. The summed E-state index contributed by atoms with van der Waals surface area (Å²) in [5.74, 6) is -1.56. The Bertz CT molecular complexity index is 521. The van der Waals surface area contributed by atoms with Crippen molar-refractivity contribution in [1.82, 2.24) is 5.32 Å². The molecule has 8 heteroatoms. The van der Waals surface area contributed by atoms with Crippen LogP contribution in [0.1, 0.15) is 5.56 Å². The molecule has 0 amide bonds. The number of rotatable bonds is 6. The van der Waals surface area contributed by atoms with Crippen LogP contribution >= 0.6 is 0 Å². The summed E-state index contributed by atoms with van der Waals surface area (Å²) in [6.07, 6.45) is 0. The number of carbonyl (C=O) groups is 1. The number of halogens is 1. The molecule has 0 saturated heterocycles. The van der Waals surface area contributed by atoms with Gasteiger partial charge in [0, 0.05) is 5.56 Å². The summed E-state index contributed by atoms with van der Waals surface area (Å²) in [5, 5.41) is 13.3. The van der Waals surface area contributed by atoms with E-state index < -0.39 is 22.8 Å². The lowest BCUT2D eigenvalue weighted by molar-refractivity contribution is -0.385. The fraction of sp³-hybridized carbons (Fsp3) is 0.417. The zero-order valence-electron chi connectivity index (χ0n) is 11.3. The first kappa shape index (κ1) is 15.8. The molecular weight excluding hydrogens is 271 g/mol. The van der Waals surface area contributed by atoms with Crippen LogP contribution in [0.4, 0.5) is 10.1 Å². The molecule has 0 spiro atoms. The summed E-state index contributed by atoms with van der Waals surface area (Å²) >= 11 is 0. The molecule has 0 bridgehead atoms. The van der Waals surface area contributed by atoms with Gasteiger partial charge in [-0.25, -0.2) is 4.39 Å². The van der Waals surface area contributed by atoms with Crippen LogP contribution in [0, 0.1) is 22.9 Å². The maximum Gasteiger partial charge on any atom is 0.326 e. The number of nitro benzene ring substituents is 1. The fourth-order valence-corrected chi connectivity index (χ4v) is 1.54. The van der Waals surface area contributed by atoms with Gasteiger partial charge in [-0.1, -0.05) is 0 Å². The van der Waals surface area contributed by atoms with Crippen LogP contribution in [0.3, 0.4) is 0 Å². The van der Waals surface area contributed by atoms with E-state index in [9.17, 15) is 19.3 Å². The van der Waals surface area contributed by atoms with Gasteiger partial charge in [-0.2, -0.15) is 0 Å². The standard InChI is InChI=1S/C12H15FN2O5/c1-7-4-11(8(13)5-10(7)15(17)18)20-6-9(14-2)12(16)19-3/h4-5,9,14H,6H2,1-3H3. The first-order valence-corrected chi connectivity index (χ1v) is 5.73. The number of benzene rings is 1. The SMILES string of the molecule is CNC(COc1cc(C)c([N+](=O)[O-])cc1F)C(=O)OC. The van der Waals surface area contributed by atoms with Crippen LogP contribution in [0.2, 0.25) is 0 Å². The second-order valence-corrected chi connectivity index (χ2v) is 4.00. The predicted molar refractivity (Wildman–Crippen MR) is 68.2 cm³/mol. The van der Waals surface area contributed by atoms with Gasteiger partial charge in [0.1, 0.15) is 12.6 Å². The molecule has 7 nitrogen and oxygen atoms in total. The molecule has 0 aliphatic carbocycles. The van der Waals surface area contributed by atoms with Crippen molar-refractivity contribution in [3.8, 4) is 5.75 Å². The highest BCUT2D eigenvalue weighted by Crippen LogP contribution is 2.27. The minimum atomic E-state index is -0.859. The molecule has 0 aliphatic rings. The van der Waals surface area contributed by atoms with Gasteiger partial charge in [-0.15, -0.1) is 0 Å². The second-order valence-electron chi connectivity index (χ2n) is 4.00. The lowest BCUT2D eigenvalue weighted by Crippen LogP contribution is -2.40. The molecule has 0 radical (unpaired) electrons. The molecule has 20 heavy (non-hydrogen) atoms. The van der Waals surface area contributed by atoms with E-state index in [1.54, 1.807) is 0 Å². The number of ether oxygens (including phenoxy) is 2. The molecule has 0 saturated carbocycles. The summed E-state index contributed by atoms with van der Waals surface area (Å²) in [5.41, 5.74) is -0.0570. The maximum absolute atomic E-state index is 13.7. The average Bonchev–Trinajstić information content (AvgIpc) is 2.41. The van der Waals surface area contributed by atoms with E-state index in [4.69, 9.17) is 4.74 Å². The monoisotopic (exact) mass is 286 g/mol. The number of hydrogen-bond donors (Lipinski definition) is 1. The van der Waals surface area contributed by atoms with E-state index in [0.29, 0.717) is 0 Å². The summed E-state index contributed by atoms with van der Waals surface area (Å²) < 4.78 is 23.4. The number of likely N-dealkylation sites (N-methyl/N-ethyl adjacent to an activating group) is 1. The Kier molecular flexibility index (Phi) is 5.39. The smallest absolute Gasteiger partial charge is 0.326 e. The van der Waals surface area contributed by atoms with Crippen LogP contribution in [0.15, 0.2) is 12.1 Å². The molecule has 0 aromatic heterocycles. The number of aryl methyl sites for hydroxylation is 1. The van der Waals surface area contributed by atoms with Crippen molar-refractivity contribution in [1.29, 1.82) is 0 Å². The van der Waals surface area contributed by atoms with Gasteiger partial charge in [0.05, 0.1) is 18.1 Å². The largest absolute Gasteiger partial charge is 0.488 e. The van der Waals surface area contributed by atoms with Gasteiger partial charge in [0.2, 0.25) is 0 Å². The number of methoxy groups -OCH3 is 1. The third-order valence-corrected chi connectivity index (χ3v) is 2.69. The van der Waals surface area contributed by atoms with Crippen molar-refractivity contribution in [2.24, 2.45) is 0 Å². The van der Waals surface area contributed by atoms with Crippen LogP contribution in [0.25, 0.3) is 0 Å². The normalized spacial score (nSPS) is 11.8. The Balaban J connectivity index is 2.86. The van der Waals surface area contributed by atoms with Gasteiger partial charge in [-0.05, 0) is 20.0 Å². The number of hydrogen-bond acceptors (Lipinski definition) is 6. The molecule has 110 valence electrons. The molecule has 0 aliphatic heterocycles. The van der Waals surface area contributed by atoms with E-state index in [1.165, 1.54) is 27.1 Å². The molecule has 1 aromatic rings. The Morgan fingerprint density at radius 1 is 1.55 bits per heavy atom. The summed E-state index contributed by atoms with van der Waals surface area (Å²) in [7, 11) is 2.76. The maximum atomic E-state index is 13.7. The van der Waals surface area contributed by atoms with Gasteiger partial charge in [0.25, 0.3) is 5.69 Å². The number of carbonyl (C=O) groups excluding carboxylic acids is 1. The number of nitrogens with zero attached hydrogens (tertiary/aromatic N) is 1. The van der Waals surface area contributed by atoms with Crippen molar-refractivity contribution in [3.63, 3.8) is 0 Å². The molecule has 1 atom stereocenters. The van der Waals surface area contributed by atoms with E-state index in [2.05, 4.69) is 10.1 Å². The summed E-state index contributed by atoms with van der Waals surface area (Å²) in [4.78, 5) is 21.3. The van der Waals surface area contributed by atoms with E-state index in [-0.39, 0.29) is 23.6 Å². The van der Waals surface area contributed by atoms with Gasteiger partial charge in [-0.3, -0.25) is 14.9 Å². The lowest BCUT2D eigenvalue weighted by Gasteiger charge is -2.15. The first-order chi connectivity index (χ1) is 9.40. The van der Waals surface area contributed by atoms with E-state index in [0.717, 1.165) is 6.07 Å². The topological polar surface area (TPSA) is 90.7 Å². The van der Waals surface area contributed by atoms with Crippen molar-refractivity contribution in [3.05, 3.63) is 33.6 Å². The van der Waals surface area contributed by atoms with E-state index >= 15 is 0 Å². The molecule has 0 fully saturated rings. The third kappa shape index (κ3) is 3.64. The van der Waals surface area contributed by atoms with Crippen LogP contribution < -0.4 is 10.1 Å². The molecule has 1 rings (SSSR count). The highest BCUT2D eigenvalue weighted by atomic mass is 19.1. The van der Waals surface area contributed by atoms with Gasteiger partial charge in [0.15, 0.2) is 11.6 Å². The number of nitro groups is 1. The molecule has 1 N–H and O–H groups in total. The quantitative estimate of drug-likeness (QED) is 0.480. The fourth-order valence-electron chi connectivity index (χ4n) is 1.54. The Morgan fingerprint density at radius 3 is 2.70 bits per heavy atom. The minimum absolute atomic E-state index is 0.155. The summed E-state index contributed by atoms with van der Waals surface area (Å²) in [6.45, 7) is 1.32. The molecule has 0 heterocycles. The highest BCUT2D eigenvalue weighted by Gasteiger charge is 2.20. The zero-order valence-corrected chi connectivity index (χ0v) is 11.3. The van der Waals surface area contributed by atoms with Crippen LogP contribution in [0.5, 0.6) is 5.75 Å².